The van der Waals surface area contributed by atoms with Crippen LogP contribution in [-0.2, 0) is 17.8 Å². The summed E-state index contributed by atoms with van der Waals surface area (Å²) in [6.45, 7) is 7.35. The molecule has 5 rings (SSSR count). The summed E-state index contributed by atoms with van der Waals surface area (Å²) in [7, 11) is 1.87. The summed E-state index contributed by atoms with van der Waals surface area (Å²) in [5.74, 6) is -1.40. The maximum absolute atomic E-state index is 15.2. The number of aliphatic carboxylic acids is 1. The molecule has 0 atom stereocenters. The van der Waals surface area contributed by atoms with E-state index in [-0.39, 0.29) is 6.42 Å². The summed E-state index contributed by atoms with van der Waals surface area (Å²) in [4.78, 5) is 13.9. The maximum Gasteiger partial charge on any atom is 0.307 e. The topological polar surface area (TPSA) is 61.8 Å². The van der Waals surface area contributed by atoms with E-state index in [2.05, 4.69) is 5.32 Å². The van der Waals surface area contributed by atoms with Crippen LogP contribution in [0.1, 0.15) is 27.8 Å². The van der Waals surface area contributed by atoms with Crippen molar-refractivity contribution in [2.24, 2.45) is 0 Å². The minimum absolute atomic E-state index is 0.164. The fourth-order valence-electron chi connectivity index (χ4n) is 5.57. The summed E-state index contributed by atoms with van der Waals surface area (Å²) in [6, 6.07) is 6.12. The molecule has 2 heterocycles. The van der Waals surface area contributed by atoms with Crippen LogP contribution >= 0.6 is 0 Å². The lowest BCUT2D eigenvalue weighted by Gasteiger charge is -2.35. The number of hydrogen-bond acceptors (Lipinski definition) is 4. The Bertz CT molecular complexity index is 1370. The predicted molar refractivity (Wildman–Crippen MR) is 129 cm³/mol. The number of carbonyl (C=O) groups is 1. The van der Waals surface area contributed by atoms with Crippen molar-refractivity contribution < 1.29 is 23.4 Å². The summed E-state index contributed by atoms with van der Waals surface area (Å²) >= 11 is 0. The van der Waals surface area contributed by atoms with Gasteiger partial charge in [0.25, 0.3) is 0 Å². The average molecular weight is 465 g/mol. The number of fused-ring (bicyclic) bond motifs is 4. The zero-order valence-corrected chi connectivity index (χ0v) is 19.6. The van der Waals surface area contributed by atoms with Crippen LogP contribution in [-0.4, -0.2) is 31.3 Å². The zero-order chi connectivity index (χ0) is 24.3. The molecule has 0 fully saturated rings. The molecule has 0 saturated heterocycles. The molecule has 0 radical (unpaired) electrons. The fourth-order valence-corrected chi connectivity index (χ4v) is 5.57. The molecule has 0 unspecified atom stereocenters. The quantitative estimate of drug-likeness (QED) is 0.528. The highest BCUT2D eigenvalue weighted by molar-refractivity contribution is 5.97. The van der Waals surface area contributed by atoms with Gasteiger partial charge in [-0.25, -0.2) is 8.78 Å². The Morgan fingerprint density at radius 2 is 1.85 bits per heavy atom. The van der Waals surface area contributed by atoms with Crippen molar-refractivity contribution >= 4 is 17.3 Å². The first-order valence-corrected chi connectivity index (χ1v) is 11.3. The molecule has 0 saturated carbocycles. The van der Waals surface area contributed by atoms with E-state index in [9.17, 15) is 14.3 Å². The van der Waals surface area contributed by atoms with Gasteiger partial charge in [0.05, 0.1) is 12.1 Å². The van der Waals surface area contributed by atoms with Gasteiger partial charge in [0.2, 0.25) is 0 Å². The Hall–Kier alpha value is -3.61. The van der Waals surface area contributed by atoms with Crippen LogP contribution in [0.4, 0.5) is 20.2 Å². The molecular weight excluding hydrogens is 438 g/mol. The van der Waals surface area contributed by atoms with Crippen molar-refractivity contribution in [3.05, 3.63) is 63.7 Å². The lowest BCUT2D eigenvalue weighted by Crippen LogP contribution is -2.25. The van der Waals surface area contributed by atoms with Gasteiger partial charge in [-0.15, -0.1) is 0 Å². The van der Waals surface area contributed by atoms with E-state index < -0.39 is 17.6 Å². The standard InChI is InChI=1S/C27H26F2N2O3/c1-13-18(5-6-21-26(13)30-7-8-34-21)23-15(3)24-25-16(9-17(28)10-20(25)29)12-31(4)27(24)14(2)19(23)11-22(32)33/h5-6,9-10,30H,7-8,11-12H2,1-4H3,(H,32,33). The summed E-state index contributed by atoms with van der Waals surface area (Å²) in [6.07, 6.45) is -0.164. The number of rotatable bonds is 3. The second-order valence-corrected chi connectivity index (χ2v) is 9.06. The Morgan fingerprint density at radius 3 is 2.59 bits per heavy atom. The Balaban J connectivity index is 1.89. The van der Waals surface area contributed by atoms with Gasteiger partial charge < -0.3 is 20.1 Å². The molecule has 5 nitrogen and oxygen atoms in total. The number of benzene rings is 3. The predicted octanol–water partition coefficient (Wildman–Crippen LogP) is 5.61. The molecule has 0 bridgehead atoms. The molecular formula is C27H26F2N2O3. The third-order valence-electron chi connectivity index (χ3n) is 6.96. The molecule has 0 aromatic heterocycles. The molecule has 176 valence electrons. The Morgan fingerprint density at radius 1 is 1.09 bits per heavy atom. The van der Waals surface area contributed by atoms with E-state index in [0.29, 0.717) is 42.0 Å². The van der Waals surface area contributed by atoms with Crippen LogP contribution in [0.25, 0.3) is 22.3 Å². The molecule has 2 N–H and O–H groups in total. The molecule has 0 aliphatic carbocycles. The number of halogens is 2. The van der Waals surface area contributed by atoms with Crippen molar-refractivity contribution in [2.75, 3.05) is 30.4 Å². The smallest absolute Gasteiger partial charge is 0.307 e. The monoisotopic (exact) mass is 464 g/mol. The first-order valence-electron chi connectivity index (χ1n) is 11.3. The van der Waals surface area contributed by atoms with Crippen molar-refractivity contribution in [3.63, 3.8) is 0 Å². The molecule has 3 aromatic carbocycles. The van der Waals surface area contributed by atoms with Crippen LogP contribution in [0.5, 0.6) is 5.75 Å². The first kappa shape index (κ1) is 22.2. The normalized spacial score (nSPS) is 14.0. The van der Waals surface area contributed by atoms with Crippen molar-refractivity contribution in [2.45, 2.75) is 33.7 Å². The molecule has 2 aliphatic rings. The third-order valence-corrected chi connectivity index (χ3v) is 6.96. The average Bonchev–Trinajstić information content (AvgIpc) is 2.77. The van der Waals surface area contributed by atoms with E-state index in [1.807, 2.05) is 44.9 Å². The highest BCUT2D eigenvalue weighted by Crippen LogP contribution is 2.50. The number of carboxylic acids is 1. The Labute approximate surface area is 197 Å². The lowest BCUT2D eigenvalue weighted by molar-refractivity contribution is -0.136. The highest BCUT2D eigenvalue weighted by Gasteiger charge is 2.32. The number of nitrogens with one attached hydrogen (secondary N) is 1. The van der Waals surface area contributed by atoms with Crippen molar-refractivity contribution in [1.29, 1.82) is 0 Å². The van der Waals surface area contributed by atoms with Gasteiger partial charge >= 0.3 is 5.97 Å². The van der Waals surface area contributed by atoms with Crippen LogP contribution in [0, 0.1) is 32.4 Å². The number of ether oxygens (including phenoxy) is 1. The van der Waals surface area contributed by atoms with Crippen LogP contribution in [0.2, 0.25) is 0 Å². The second kappa shape index (κ2) is 8.01. The van der Waals surface area contributed by atoms with Crippen LogP contribution in [0.15, 0.2) is 24.3 Å². The molecule has 7 heteroatoms. The third kappa shape index (κ3) is 3.30. The molecule has 3 aromatic rings. The fraction of sp³-hybridized carbons (Fsp3) is 0.296. The summed E-state index contributed by atoms with van der Waals surface area (Å²) in [5, 5.41) is 13.2. The van der Waals surface area contributed by atoms with Crippen molar-refractivity contribution in [3.8, 4) is 28.0 Å². The van der Waals surface area contributed by atoms with Gasteiger partial charge in [-0.3, -0.25) is 4.79 Å². The molecule has 0 amide bonds. The van der Waals surface area contributed by atoms with Gasteiger partial charge in [-0.1, -0.05) is 6.07 Å². The van der Waals surface area contributed by atoms with Gasteiger partial charge in [0, 0.05) is 43.0 Å². The molecule has 2 aliphatic heterocycles. The number of hydrogen-bond donors (Lipinski definition) is 2. The first-order chi connectivity index (χ1) is 16.2. The summed E-state index contributed by atoms with van der Waals surface area (Å²) in [5.41, 5.74) is 8.15. The number of carboxylic acid groups (broad SMARTS) is 1. The second-order valence-electron chi connectivity index (χ2n) is 9.06. The summed E-state index contributed by atoms with van der Waals surface area (Å²) < 4.78 is 35.1. The van der Waals surface area contributed by atoms with Gasteiger partial charge in [-0.2, -0.15) is 0 Å². The zero-order valence-electron chi connectivity index (χ0n) is 19.6. The largest absolute Gasteiger partial charge is 0.490 e. The number of nitrogens with zero attached hydrogens (tertiary/aromatic N) is 1. The lowest BCUT2D eigenvalue weighted by atomic mass is 9.79. The molecule has 34 heavy (non-hydrogen) atoms. The van der Waals surface area contributed by atoms with Gasteiger partial charge in [-0.05, 0) is 71.8 Å². The Kier molecular flexibility index (Phi) is 5.23. The van der Waals surface area contributed by atoms with Gasteiger partial charge in [0.15, 0.2) is 0 Å². The highest BCUT2D eigenvalue weighted by atomic mass is 19.1. The van der Waals surface area contributed by atoms with Crippen molar-refractivity contribution in [1.82, 2.24) is 0 Å². The minimum Gasteiger partial charge on any atom is -0.490 e. The SMILES string of the molecule is Cc1c(-c2c(C)c3c(c(C)c2CC(=O)O)N(C)Cc2cc(F)cc(F)c2-3)ccc2c1NCCO2. The number of anilines is 2. The molecule has 0 spiro atoms. The van der Waals surface area contributed by atoms with E-state index in [4.69, 9.17) is 4.74 Å². The minimum atomic E-state index is -0.937. The van der Waals surface area contributed by atoms with Crippen LogP contribution < -0.4 is 15.0 Å². The van der Waals surface area contributed by atoms with E-state index in [0.717, 1.165) is 51.0 Å². The van der Waals surface area contributed by atoms with E-state index >= 15 is 4.39 Å². The van der Waals surface area contributed by atoms with Crippen LogP contribution in [0.3, 0.4) is 0 Å². The van der Waals surface area contributed by atoms with E-state index in [1.54, 1.807) is 0 Å². The van der Waals surface area contributed by atoms with E-state index in [1.165, 1.54) is 6.07 Å². The maximum atomic E-state index is 15.2. The van der Waals surface area contributed by atoms with Gasteiger partial charge in [0.1, 0.15) is 24.0 Å².